The topological polar surface area (TPSA) is 60.2 Å². The second kappa shape index (κ2) is 4.98. The molecule has 14 heavy (non-hydrogen) atoms. The van der Waals surface area contributed by atoms with Crippen LogP contribution in [0.3, 0.4) is 0 Å². The molecule has 0 saturated carbocycles. The number of likely N-dealkylation sites (tertiary alicyclic amines) is 1. The van der Waals surface area contributed by atoms with E-state index >= 15 is 0 Å². The molecule has 0 bridgehead atoms. The molecule has 0 aromatic heterocycles. The van der Waals surface area contributed by atoms with Crippen LogP contribution in [-0.4, -0.2) is 29.9 Å². The Balaban J connectivity index is 2.34. The van der Waals surface area contributed by atoms with Gasteiger partial charge in [-0.05, 0) is 18.8 Å². The first kappa shape index (κ1) is 11.0. The van der Waals surface area contributed by atoms with E-state index in [1.165, 1.54) is 0 Å². The maximum absolute atomic E-state index is 7.65. The molecule has 0 radical (unpaired) electrons. The van der Waals surface area contributed by atoms with E-state index in [-0.39, 0.29) is 11.9 Å². The maximum atomic E-state index is 7.65. The van der Waals surface area contributed by atoms with Gasteiger partial charge < -0.3 is 9.64 Å². The van der Waals surface area contributed by atoms with Gasteiger partial charge in [-0.15, -0.1) is 0 Å². The highest BCUT2D eigenvalue weighted by atomic mass is 16.5. The fraction of sp³-hybridized carbons (Fsp3) is 0.800. The van der Waals surface area contributed by atoms with Crippen LogP contribution in [0.15, 0.2) is 0 Å². The Morgan fingerprint density at radius 1 is 1.36 bits per heavy atom. The predicted molar refractivity (Wildman–Crippen MR) is 56.8 cm³/mol. The molecule has 0 aliphatic carbocycles. The first-order valence-corrected chi connectivity index (χ1v) is 5.22. The third-order valence-corrected chi connectivity index (χ3v) is 2.61. The van der Waals surface area contributed by atoms with Crippen molar-refractivity contribution < 1.29 is 4.74 Å². The molecule has 0 atom stereocenters. The molecule has 0 aromatic rings. The van der Waals surface area contributed by atoms with Crippen molar-refractivity contribution in [1.82, 2.24) is 4.90 Å². The highest BCUT2D eigenvalue weighted by Gasteiger charge is 2.19. The lowest BCUT2D eigenvalue weighted by Crippen LogP contribution is -2.39. The molecule has 4 nitrogen and oxygen atoms in total. The SMILES string of the molecule is CCC(=N)OC(=N)N1CCC(C)CC1. The zero-order chi connectivity index (χ0) is 10.6. The van der Waals surface area contributed by atoms with E-state index in [2.05, 4.69) is 6.92 Å². The van der Waals surface area contributed by atoms with Crippen LogP contribution in [0.1, 0.15) is 33.1 Å². The summed E-state index contributed by atoms with van der Waals surface area (Å²) in [6.45, 7) is 5.86. The van der Waals surface area contributed by atoms with Gasteiger partial charge in [0.1, 0.15) is 0 Å². The van der Waals surface area contributed by atoms with Gasteiger partial charge >= 0.3 is 0 Å². The molecular formula is C10H19N3O. The van der Waals surface area contributed by atoms with E-state index in [1.54, 1.807) is 0 Å². The van der Waals surface area contributed by atoms with Crippen molar-refractivity contribution in [2.75, 3.05) is 13.1 Å². The number of piperidine rings is 1. The standard InChI is InChI=1S/C10H19N3O/c1-3-9(11)14-10(12)13-6-4-8(2)5-7-13/h8,11-12H,3-7H2,1-2H3. The molecule has 2 N–H and O–H groups in total. The number of ether oxygens (including phenoxy) is 1. The lowest BCUT2D eigenvalue weighted by Gasteiger charge is -2.31. The van der Waals surface area contributed by atoms with Crippen molar-refractivity contribution in [3.05, 3.63) is 0 Å². The van der Waals surface area contributed by atoms with Crippen molar-refractivity contribution in [1.29, 1.82) is 10.8 Å². The Kier molecular flexibility index (Phi) is 3.92. The fourth-order valence-corrected chi connectivity index (χ4v) is 1.47. The van der Waals surface area contributed by atoms with E-state index in [9.17, 15) is 0 Å². The van der Waals surface area contributed by atoms with Gasteiger partial charge in [-0.2, -0.15) is 0 Å². The number of hydrogen-bond acceptors (Lipinski definition) is 3. The van der Waals surface area contributed by atoms with Crippen LogP contribution in [0.25, 0.3) is 0 Å². The Morgan fingerprint density at radius 2 is 1.93 bits per heavy atom. The number of nitrogens with zero attached hydrogens (tertiary/aromatic N) is 1. The molecule has 1 aliphatic rings. The summed E-state index contributed by atoms with van der Waals surface area (Å²) in [4.78, 5) is 1.91. The van der Waals surface area contributed by atoms with Crippen molar-refractivity contribution in [3.8, 4) is 0 Å². The average Bonchev–Trinajstić information content (AvgIpc) is 2.18. The zero-order valence-electron chi connectivity index (χ0n) is 8.97. The van der Waals surface area contributed by atoms with E-state index in [1.807, 2.05) is 11.8 Å². The van der Waals surface area contributed by atoms with Crippen LogP contribution < -0.4 is 0 Å². The van der Waals surface area contributed by atoms with Crippen LogP contribution in [0.5, 0.6) is 0 Å². The molecule has 1 aliphatic heterocycles. The Hall–Kier alpha value is -1.06. The van der Waals surface area contributed by atoms with Crippen molar-refractivity contribution in [2.45, 2.75) is 33.1 Å². The summed E-state index contributed by atoms with van der Waals surface area (Å²) in [6, 6.07) is 0.142. The highest BCUT2D eigenvalue weighted by Crippen LogP contribution is 2.16. The van der Waals surface area contributed by atoms with Crippen LogP contribution in [0.4, 0.5) is 0 Å². The average molecular weight is 197 g/mol. The molecule has 0 spiro atoms. The molecule has 0 unspecified atom stereocenters. The Bertz CT molecular complexity index is 219. The molecule has 1 saturated heterocycles. The number of amidine groups is 1. The van der Waals surface area contributed by atoms with Crippen LogP contribution >= 0.6 is 0 Å². The van der Waals surface area contributed by atoms with Gasteiger partial charge in [0.25, 0.3) is 6.02 Å². The summed E-state index contributed by atoms with van der Waals surface area (Å²) in [6.07, 6.45) is 2.78. The molecule has 4 heteroatoms. The number of rotatable bonds is 1. The summed E-state index contributed by atoms with van der Waals surface area (Å²) in [5.41, 5.74) is 0. The van der Waals surface area contributed by atoms with Gasteiger partial charge in [0.05, 0.1) is 0 Å². The lowest BCUT2D eigenvalue weighted by molar-refractivity contribution is 0.241. The number of nitrogens with one attached hydrogen (secondary N) is 2. The third kappa shape index (κ3) is 3.01. The van der Waals surface area contributed by atoms with Gasteiger partial charge in [0.2, 0.25) is 0 Å². The summed E-state index contributed by atoms with van der Waals surface area (Å²) in [7, 11) is 0. The maximum Gasteiger partial charge on any atom is 0.291 e. The van der Waals surface area contributed by atoms with Gasteiger partial charge in [0, 0.05) is 19.5 Å². The quantitative estimate of drug-likeness (QED) is 0.499. The molecule has 1 fully saturated rings. The lowest BCUT2D eigenvalue weighted by atomic mass is 10.00. The van der Waals surface area contributed by atoms with Gasteiger partial charge in [-0.25, -0.2) is 0 Å². The summed E-state index contributed by atoms with van der Waals surface area (Å²) in [5, 5.41) is 15.0. The van der Waals surface area contributed by atoms with Crippen molar-refractivity contribution >= 4 is 11.9 Å². The summed E-state index contributed by atoms with van der Waals surface area (Å²) < 4.78 is 5.07. The smallest absolute Gasteiger partial charge is 0.291 e. The first-order valence-electron chi connectivity index (χ1n) is 5.22. The van der Waals surface area contributed by atoms with Crippen LogP contribution in [0, 0.1) is 16.7 Å². The second-order valence-electron chi connectivity index (χ2n) is 3.85. The largest absolute Gasteiger partial charge is 0.412 e. The summed E-state index contributed by atoms with van der Waals surface area (Å²) >= 11 is 0. The monoisotopic (exact) mass is 197 g/mol. The molecule has 0 amide bonds. The molecular weight excluding hydrogens is 178 g/mol. The zero-order valence-corrected chi connectivity index (χ0v) is 8.97. The molecule has 1 rings (SSSR count). The minimum absolute atomic E-state index is 0.142. The molecule has 1 heterocycles. The van der Waals surface area contributed by atoms with E-state index in [4.69, 9.17) is 15.6 Å². The molecule has 80 valence electrons. The minimum Gasteiger partial charge on any atom is -0.412 e. The third-order valence-electron chi connectivity index (χ3n) is 2.61. The number of hydrogen-bond donors (Lipinski definition) is 2. The Morgan fingerprint density at radius 3 is 2.43 bits per heavy atom. The van der Waals surface area contributed by atoms with Crippen molar-refractivity contribution in [3.63, 3.8) is 0 Å². The normalized spacial score (nSPS) is 18.0. The Labute approximate surface area is 85.3 Å². The van der Waals surface area contributed by atoms with Crippen molar-refractivity contribution in [2.24, 2.45) is 5.92 Å². The van der Waals surface area contributed by atoms with Crippen LogP contribution in [-0.2, 0) is 4.74 Å². The predicted octanol–water partition coefficient (Wildman–Crippen LogP) is 2.06. The minimum atomic E-state index is 0.142. The van der Waals surface area contributed by atoms with E-state index in [0.29, 0.717) is 6.42 Å². The van der Waals surface area contributed by atoms with E-state index < -0.39 is 0 Å². The highest BCUT2D eigenvalue weighted by molar-refractivity contribution is 5.87. The van der Waals surface area contributed by atoms with Crippen LogP contribution in [0.2, 0.25) is 0 Å². The first-order chi connectivity index (χ1) is 6.63. The molecule has 0 aromatic carbocycles. The van der Waals surface area contributed by atoms with Gasteiger partial charge in [-0.1, -0.05) is 13.8 Å². The van der Waals surface area contributed by atoms with Gasteiger partial charge in [0.15, 0.2) is 5.90 Å². The summed E-state index contributed by atoms with van der Waals surface area (Å²) in [5.74, 6) is 0.929. The van der Waals surface area contributed by atoms with Gasteiger partial charge in [-0.3, -0.25) is 10.8 Å². The fourth-order valence-electron chi connectivity index (χ4n) is 1.47. The second-order valence-corrected chi connectivity index (χ2v) is 3.85. The van der Waals surface area contributed by atoms with E-state index in [0.717, 1.165) is 31.8 Å².